The number of hydrogen-bond donors (Lipinski definition) is 1. The highest BCUT2D eigenvalue weighted by molar-refractivity contribution is 14.0. The fourth-order valence-electron chi connectivity index (χ4n) is 3.69. The molecule has 0 aliphatic carbocycles. The maximum absolute atomic E-state index is 14.0. The number of pyridine rings is 1. The number of fused-ring (bicyclic) bond motifs is 1. The number of halogens is 2. The Morgan fingerprint density at radius 1 is 1.03 bits per heavy atom. The van der Waals surface area contributed by atoms with Crippen LogP contribution < -0.4 is 10.2 Å². The van der Waals surface area contributed by atoms with Gasteiger partial charge in [-0.15, -0.1) is 24.0 Å². The van der Waals surface area contributed by atoms with E-state index < -0.39 is 0 Å². The Bertz CT molecular complexity index is 980. The minimum atomic E-state index is -0.166. The molecule has 0 unspecified atom stereocenters. The number of anilines is 1. The minimum absolute atomic E-state index is 0. The normalized spacial score (nSPS) is 14.6. The lowest BCUT2D eigenvalue weighted by molar-refractivity contribution is 0.370. The van der Waals surface area contributed by atoms with Gasteiger partial charge in [-0.2, -0.15) is 0 Å². The van der Waals surface area contributed by atoms with Crippen molar-refractivity contribution in [1.29, 1.82) is 0 Å². The Balaban J connectivity index is 0.00000240. The van der Waals surface area contributed by atoms with Crippen LogP contribution in [0.4, 0.5) is 10.1 Å². The summed E-state index contributed by atoms with van der Waals surface area (Å²) in [6, 6.07) is 17.2. The lowest BCUT2D eigenvalue weighted by atomic mass is 10.1. The van der Waals surface area contributed by atoms with E-state index in [0.717, 1.165) is 43.2 Å². The molecule has 7 heteroatoms. The van der Waals surface area contributed by atoms with Crippen LogP contribution in [0, 0.1) is 5.82 Å². The van der Waals surface area contributed by atoms with E-state index in [1.54, 1.807) is 13.1 Å². The lowest BCUT2D eigenvalue weighted by Crippen LogP contribution is -2.52. The molecule has 152 valence electrons. The van der Waals surface area contributed by atoms with Gasteiger partial charge in [0.15, 0.2) is 5.96 Å². The average Bonchev–Trinajstić information content (AvgIpc) is 2.75. The van der Waals surface area contributed by atoms with Gasteiger partial charge in [0.25, 0.3) is 0 Å². The predicted molar refractivity (Wildman–Crippen MR) is 128 cm³/mol. The number of aliphatic imine (C=N–C) groups is 1. The summed E-state index contributed by atoms with van der Waals surface area (Å²) >= 11 is 0. The van der Waals surface area contributed by atoms with Crippen molar-refractivity contribution in [3.8, 4) is 0 Å². The topological polar surface area (TPSA) is 43.8 Å². The quantitative estimate of drug-likeness (QED) is 0.334. The molecule has 4 rings (SSSR count). The minimum Gasteiger partial charge on any atom is -0.366 e. The first-order chi connectivity index (χ1) is 13.8. The zero-order chi connectivity index (χ0) is 19.3. The van der Waals surface area contributed by atoms with Crippen molar-refractivity contribution < 1.29 is 4.39 Å². The van der Waals surface area contributed by atoms with Crippen molar-refractivity contribution in [2.75, 3.05) is 38.1 Å². The number of benzene rings is 2. The SMILES string of the molecule is CN=C(NCc1nccc2ccccc12)N1CCN(c2ccccc2F)CC1.I. The molecule has 0 amide bonds. The van der Waals surface area contributed by atoms with E-state index in [4.69, 9.17) is 0 Å². The second-order valence-corrected chi connectivity index (χ2v) is 6.81. The van der Waals surface area contributed by atoms with E-state index in [9.17, 15) is 4.39 Å². The summed E-state index contributed by atoms with van der Waals surface area (Å²) in [5.41, 5.74) is 1.68. The lowest BCUT2D eigenvalue weighted by Gasteiger charge is -2.37. The molecular weight excluding hydrogens is 480 g/mol. The molecule has 1 saturated heterocycles. The van der Waals surface area contributed by atoms with Gasteiger partial charge >= 0.3 is 0 Å². The zero-order valence-corrected chi connectivity index (χ0v) is 18.7. The maximum Gasteiger partial charge on any atom is 0.194 e. The number of rotatable bonds is 3. The van der Waals surface area contributed by atoms with Crippen molar-refractivity contribution in [3.63, 3.8) is 0 Å². The van der Waals surface area contributed by atoms with Crippen LogP contribution in [-0.2, 0) is 6.54 Å². The summed E-state index contributed by atoms with van der Waals surface area (Å²) in [5, 5.41) is 5.77. The highest BCUT2D eigenvalue weighted by Crippen LogP contribution is 2.20. The Morgan fingerprint density at radius 3 is 2.52 bits per heavy atom. The summed E-state index contributed by atoms with van der Waals surface area (Å²) in [4.78, 5) is 13.3. The first-order valence-corrected chi connectivity index (χ1v) is 9.54. The summed E-state index contributed by atoms with van der Waals surface area (Å²) in [5.74, 6) is 0.684. The van der Waals surface area contributed by atoms with Gasteiger partial charge in [-0.1, -0.05) is 36.4 Å². The monoisotopic (exact) mass is 505 g/mol. The van der Waals surface area contributed by atoms with Crippen molar-refractivity contribution in [2.24, 2.45) is 4.99 Å². The third-order valence-corrected chi connectivity index (χ3v) is 5.15. The summed E-state index contributed by atoms with van der Waals surface area (Å²) in [7, 11) is 1.79. The van der Waals surface area contributed by atoms with Gasteiger partial charge in [0.1, 0.15) is 5.82 Å². The van der Waals surface area contributed by atoms with E-state index in [1.807, 2.05) is 36.5 Å². The van der Waals surface area contributed by atoms with Crippen LogP contribution >= 0.6 is 24.0 Å². The van der Waals surface area contributed by atoms with Gasteiger partial charge in [0, 0.05) is 44.8 Å². The second kappa shape index (κ2) is 9.87. The highest BCUT2D eigenvalue weighted by Gasteiger charge is 2.21. The van der Waals surface area contributed by atoms with E-state index in [0.29, 0.717) is 12.2 Å². The molecule has 0 saturated carbocycles. The van der Waals surface area contributed by atoms with E-state index >= 15 is 0 Å². The van der Waals surface area contributed by atoms with Gasteiger partial charge in [-0.05, 0) is 23.6 Å². The molecule has 0 bridgehead atoms. The molecule has 2 heterocycles. The van der Waals surface area contributed by atoms with Crippen molar-refractivity contribution >= 4 is 46.4 Å². The molecule has 3 aromatic rings. The number of nitrogens with zero attached hydrogens (tertiary/aromatic N) is 4. The first-order valence-electron chi connectivity index (χ1n) is 9.54. The third-order valence-electron chi connectivity index (χ3n) is 5.15. The molecule has 1 aromatic heterocycles. The number of aromatic nitrogens is 1. The largest absolute Gasteiger partial charge is 0.366 e. The Kier molecular flexibility index (Phi) is 7.24. The molecule has 1 aliphatic heterocycles. The molecule has 2 aromatic carbocycles. The number of nitrogens with one attached hydrogen (secondary N) is 1. The maximum atomic E-state index is 14.0. The summed E-state index contributed by atoms with van der Waals surface area (Å²) < 4.78 is 14.0. The smallest absolute Gasteiger partial charge is 0.194 e. The van der Waals surface area contributed by atoms with Gasteiger partial charge < -0.3 is 15.1 Å². The second-order valence-electron chi connectivity index (χ2n) is 6.81. The van der Waals surface area contributed by atoms with Crippen LogP contribution in [-0.4, -0.2) is 49.1 Å². The molecule has 29 heavy (non-hydrogen) atoms. The van der Waals surface area contributed by atoms with Crippen molar-refractivity contribution in [1.82, 2.24) is 15.2 Å². The van der Waals surface area contributed by atoms with Crippen LogP contribution in [0.15, 0.2) is 65.8 Å². The average molecular weight is 505 g/mol. The Labute approximate surface area is 187 Å². The number of hydrogen-bond acceptors (Lipinski definition) is 3. The summed E-state index contributed by atoms with van der Waals surface area (Å²) in [6.07, 6.45) is 1.84. The molecule has 0 radical (unpaired) electrons. The van der Waals surface area contributed by atoms with Gasteiger partial charge in [-0.25, -0.2) is 4.39 Å². The van der Waals surface area contributed by atoms with Gasteiger partial charge in [0.2, 0.25) is 0 Å². The van der Waals surface area contributed by atoms with Crippen LogP contribution in [0.3, 0.4) is 0 Å². The van der Waals surface area contributed by atoms with Crippen LogP contribution in [0.2, 0.25) is 0 Å². The van der Waals surface area contributed by atoms with E-state index in [-0.39, 0.29) is 29.8 Å². The molecule has 5 nitrogen and oxygen atoms in total. The number of piperazine rings is 1. The van der Waals surface area contributed by atoms with Gasteiger partial charge in [-0.3, -0.25) is 9.98 Å². The fourth-order valence-corrected chi connectivity index (χ4v) is 3.69. The molecular formula is C22H25FIN5. The summed E-state index contributed by atoms with van der Waals surface area (Å²) in [6.45, 7) is 3.71. The van der Waals surface area contributed by atoms with Crippen LogP contribution in [0.5, 0.6) is 0 Å². The van der Waals surface area contributed by atoms with Crippen LogP contribution in [0.1, 0.15) is 5.69 Å². The molecule has 0 spiro atoms. The molecule has 1 fully saturated rings. The van der Waals surface area contributed by atoms with Gasteiger partial charge in [0.05, 0.1) is 17.9 Å². The Morgan fingerprint density at radius 2 is 1.76 bits per heavy atom. The number of para-hydroxylation sites is 1. The first kappa shape index (κ1) is 21.3. The highest BCUT2D eigenvalue weighted by atomic mass is 127. The van der Waals surface area contributed by atoms with Crippen molar-refractivity contribution in [3.05, 3.63) is 72.3 Å². The van der Waals surface area contributed by atoms with E-state index in [2.05, 4.69) is 37.2 Å². The number of guanidine groups is 1. The standard InChI is InChI=1S/C22H24FN5.HI/c1-24-22(26-16-20-18-7-3-2-6-17(18)10-11-25-20)28-14-12-27(13-15-28)21-9-5-4-8-19(21)23;/h2-11H,12-16H2,1H3,(H,24,26);1H. The predicted octanol–water partition coefficient (Wildman–Crippen LogP) is 3.89. The zero-order valence-electron chi connectivity index (χ0n) is 16.4. The third kappa shape index (κ3) is 4.77. The Hall–Kier alpha value is -2.42. The fraction of sp³-hybridized carbons (Fsp3) is 0.273. The molecule has 0 atom stereocenters. The molecule has 1 aliphatic rings. The molecule has 1 N–H and O–H groups in total. The van der Waals surface area contributed by atoms with E-state index in [1.165, 1.54) is 11.5 Å². The van der Waals surface area contributed by atoms with Crippen molar-refractivity contribution in [2.45, 2.75) is 6.54 Å². The van der Waals surface area contributed by atoms with Crippen LogP contribution in [0.25, 0.3) is 10.8 Å².